The Hall–Kier alpha value is -2.76. The fraction of sp³-hybridized carbons (Fsp3) is 0.0952. The van der Waals surface area contributed by atoms with E-state index in [1.807, 2.05) is 67.6 Å². The Kier molecular flexibility index (Phi) is 4.88. The molecule has 0 radical (unpaired) electrons. The van der Waals surface area contributed by atoms with Gasteiger partial charge in [0.1, 0.15) is 0 Å². The quantitative estimate of drug-likeness (QED) is 0.460. The van der Waals surface area contributed by atoms with Gasteiger partial charge in [-0.3, -0.25) is 14.7 Å². The highest BCUT2D eigenvalue weighted by Gasteiger charge is 2.22. The summed E-state index contributed by atoms with van der Waals surface area (Å²) in [7, 11) is 0. The molecule has 4 nitrogen and oxygen atoms in total. The van der Waals surface area contributed by atoms with E-state index in [2.05, 4.69) is 4.98 Å². The topological polar surface area (TPSA) is 46.1 Å². The molecule has 0 aliphatic rings. The molecule has 4 rings (SSSR count). The summed E-state index contributed by atoms with van der Waals surface area (Å²) in [6.45, 7) is 2.32. The lowest BCUT2D eigenvalue weighted by molar-refractivity contribution is 0.0985. The first kappa shape index (κ1) is 17.6. The first-order chi connectivity index (χ1) is 13.1. The Morgan fingerprint density at radius 3 is 2.63 bits per heavy atom. The second kappa shape index (κ2) is 7.47. The number of thiazole rings is 1. The second-order valence-corrected chi connectivity index (χ2v) is 7.59. The van der Waals surface area contributed by atoms with E-state index in [0.29, 0.717) is 22.3 Å². The maximum atomic E-state index is 13.2. The van der Waals surface area contributed by atoms with E-state index in [-0.39, 0.29) is 5.91 Å². The normalized spacial score (nSPS) is 10.9. The first-order valence-electron chi connectivity index (χ1n) is 8.45. The number of aromatic nitrogens is 2. The van der Waals surface area contributed by atoms with Crippen molar-refractivity contribution in [1.82, 2.24) is 9.97 Å². The van der Waals surface area contributed by atoms with Crippen molar-refractivity contribution in [2.75, 3.05) is 4.90 Å². The monoisotopic (exact) mass is 393 g/mol. The van der Waals surface area contributed by atoms with Gasteiger partial charge in [-0.05, 0) is 48.9 Å². The zero-order valence-electron chi connectivity index (χ0n) is 14.6. The number of hydrogen-bond donors (Lipinski definition) is 0. The van der Waals surface area contributed by atoms with E-state index >= 15 is 0 Å². The number of fused-ring (bicyclic) bond motifs is 1. The lowest BCUT2D eigenvalue weighted by Gasteiger charge is -2.19. The Morgan fingerprint density at radius 1 is 1.11 bits per heavy atom. The smallest absolute Gasteiger partial charge is 0.260 e. The number of carbonyl (C=O) groups excluding carboxylic acids is 1. The number of rotatable bonds is 4. The fourth-order valence-corrected chi connectivity index (χ4v) is 4.29. The molecule has 0 fully saturated rings. The van der Waals surface area contributed by atoms with Gasteiger partial charge in [-0.2, -0.15) is 0 Å². The van der Waals surface area contributed by atoms with Crippen molar-refractivity contribution in [3.05, 3.63) is 88.7 Å². The zero-order valence-corrected chi connectivity index (χ0v) is 16.2. The van der Waals surface area contributed by atoms with Crippen LogP contribution in [0.3, 0.4) is 0 Å². The van der Waals surface area contributed by atoms with E-state index in [0.717, 1.165) is 21.5 Å². The van der Waals surface area contributed by atoms with Crippen LogP contribution in [0.15, 0.2) is 66.9 Å². The molecule has 0 atom stereocenters. The number of halogens is 1. The van der Waals surface area contributed by atoms with E-state index in [1.54, 1.807) is 11.1 Å². The highest BCUT2D eigenvalue weighted by atomic mass is 35.5. The summed E-state index contributed by atoms with van der Waals surface area (Å²) < 4.78 is 0.960. The Balaban J connectivity index is 1.80. The number of amides is 1. The predicted octanol–water partition coefficient (Wildman–Crippen LogP) is 5.50. The highest BCUT2D eigenvalue weighted by molar-refractivity contribution is 7.22. The van der Waals surface area contributed by atoms with Gasteiger partial charge in [0.15, 0.2) is 5.13 Å². The van der Waals surface area contributed by atoms with Crippen molar-refractivity contribution in [1.29, 1.82) is 0 Å². The molecule has 1 amide bonds. The molecule has 2 heterocycles. The van der Waals surface area contributed by atoms with E-state index in [1.165, 1.54) is 11.3 Å². The molecule has 0 saturated heterocycles. The van der Waals surface area contributed by atoms with Gasteiger partial charge in [0.2, 0.25) is 0 Å². The molecule has 0 saturated carbocycles. The maximum absolute atomic E-state index is 13.2. The van der Waals surface area contributed by atoms with Crippen LogP contribution < -0.4 is 4.90 Å². The summed E-state index contributed by atoms with van der Waals surface area (Å²) in [6.07, 6.45) is 1.72. The van der Waals surface area contributed by atoms with Crippen LogP contribution in [0.4, 0.5) is 5.13 Å². The van der Waals surface area contributed by atoms with Crippen LogP contribution in [0.25, 0.3) is 10.2 Å². The molecule has 2 aromatic heterocycles. The average molecular weight is 394 g/mol. The number of carbonyl (C=O) groups is 1. The molecular weight excluding hydrogens is 378 g/mol. The lowest BCUT2D eigenvalue weighted by Crippen LogP contribution is -2.30. The van der Waals surface area contributed by atoms with E-state index in [9.17, 15) is 4.79 Å². The van der Waals surface area contributed by atoms with Crippen molar-refractivity contribution >= 4 is 44.2 Å². The first-order valence-corrected chi connectivity index (χ1v) is 9.65. The maximum Gasteiger partial charge on any atom is 0.260 e. The number of benzene rings is 2. The van der Waals surface area contributed by atoms with Crippen LogP contribution in [0, 0.1) is 6.92 Å². The Bertz CT molecular complexity index is 1100. The summed E-state index contributed by atoms with van der Waals surface area (Å²) in [4.78, 5) is 24.0. The predicted molar refractivity (Wildman–Crippen MR) is 111 cm³/mol. The van der Waals surface area contributed by atoms with Gasteiger partial charge in [0, 0.05) is 16.8 Å². The zero-order chi connectivity index (χ0) is 18.8. The molecule has 0 unspecified atom stereocenters. The average Bonchev–Trinajstić information content (AvgIpc) is 3.11. The Labute approximate surface area is 166 Å². The second-order valence-electron chi connectivity index (χ2n) is 6.14. The molecule has 134 valence electrons. The van der Waals surface area contributed by atoms with Gasteiger partial charge in [0.05, 0.1) is 22.5 Å². The molecule has 0 spiro atoms. The minimum Gasteiger partial charge on any atom is -0.278 e. The van der Waals surface area contributed by atoms with Crippen LogP contribution >= 0.6 is 22.9 Å². The minimum absolute atomic E-state index is 0.107. The van der Waals surface area contributed by atoms with Crippen LogP contribution in [-0.2, 0) is 6.54 Å². The fourth-order valence-electron chi connectivity index (χ4n) is 2.87. The van der Waals surface area contributed by atoms with E-state index in [4.69, 9.17) is 16.6 Å². The van der Waals surface area contributed by atoms with Crippen LogP contribution in [-0.4, -0.2) is 15.9 Å². The van der Waals surface area contributed by atoms with Crippen molar-refractivity contribution in [3.8, 4) is 0 Å². The summed E-state index contributed by atoms with van der Waals surface area (Å²) in [5.41, 5.74) is 3.27. The molecule has 0 bridgehead atoms. The number of aryl methyl sites for hydroxylation is 1. The molecule has 0 aliphatic carbocycles. The number of hydrogen-bond acceptors (Lipinski definition) is 4. The Morgan fingerprint density at radius 2 is 1.89 bits per heavy atom. The van der Waals surface area contributed by atoms with Gasteiger partial charge < -0.3 is 0 Å². The third-order valence-corrected chi connectivity index (χ3v) is 5.43. The summed E-state index contributed by atoms with van der Waals surface area (Å²) in [6, 6.07) is 18.7. The van der Waals surface area contributed by atoms with E-state index < -0.39 is 0 Å². The molecular formula is C21H16ClN3OS. The summed E-state index contributed by atoms with van der Waals surface area (Å²) >= 11 is 7.65. The van der Waals surface area contributed by atoms with Gasteiger partial charge in [-0.15, -0.1) is 0 Å². The highest BCUT2D eigenvalue weighted by Crippen LogP contribution is 2.34. The number of pyridine rings is 1. The van der Waals surface area contributed by atoms with Gasteiger partial charge in [-0.1, -0.05) is 47.2 Å². The summed E-state index contributed by atoms with van der Waals surface area (Å²) in [5.74, 6) is -0.107. The third-order valence-electron chi connectivity index (χ3n) is 4.18. The van der Waals surface area contributed by atoms with Gasteiger partial charge in [0.25, 0.3) is 5.91 Å². The van der Waals surface area contributed by atoms with Crippen LogP contribution in [0.2, 0.25) is 5.02 Å². The molecule has 0 N–H and O–H groups in total. The largest absolute Gasteiger partial charge is 0.278 e. The van der Waals surface area contributed by atoms with Crippen molar-refractivity contribution in [3.63, 3.8) is 0 Å². The molecule has 4 aromatic rings. The number of anilines is 1. The van der Waals surface area contributed by atoms with Gasteiger partial charge >= 0.3 is 0 Å². The molecule has 6 heteroatoms. The standard InChI is InChI=1S/C21H16ClN3OS/c1-14-11-16(22)12-18-19(14)24-21(27-18)25(13-17-9-5-6-10-23-17)20(26)15-7-3-2-4-8-15/h2-12H,13H2,1H3. The third kappa shape index (κ3) is 3.70. The molecule has 0 aliphatic heterocycles. The lowest BCUT2D eigenvalue weighted by atomic mass is 10.2. The van der Waals surface area contributed by atoms with Crippen molar-refractivity contribution < 1.29 is 4.79 Å². The molecule has 2 aromatic carbocycles. The minimum atomic E-state index is -0.107. The summed E-state index contributed by atoms with van der Waals surface area (Å²) in [5, 5.41) is 1.30. The van der Waals surface area contributed by atoms with Crippen LogP contribution in [0.5, 0.6) is 0 Å². The van der Waals surface area contributed by atoms with Crippen LogP contribution in [0.1, 0.15) is 21.6 Å². The number of nitrogens with zero attached hydrogens (tertiary/aromatic N) is 3. The van der Waals surface area contributed by atoms with Crippen molar-refractivity contribution in [2.24, 2.45) is 0 Å². The SMILES string of the molecule is Cc1cc(Cl)cc2sc(N(Cc3ccccn3)C(=O)c3ccccc3)nc12. The van der Waals surface area contributed by atoms with Gasteiger partial charge in [-0.25, -0.2) is 4.98 Å². The van der Waals surface area contributed by atoms with Crippen molar-refractivity contribution in [2.45, 2.75) is 13.5 Å². The molecule has 27 heavy (non-hydrogen) atoms.